The molecule has 0 bridgehead atoms. The van der Waals surface area contributed by atoms with Crippen LogP contribution in [-0.2, 0) is 0 Å². The van der Waals surface area contributed by atoms with E-state index in [4.69, 9.17) is 4.74 Å². The van der Waals surface area contributed by atoms with Crippen molar-refractivity contribution in [3.63, 3.8) is 0 Å². The number of methoxy groups -OCH3 is 1. The highest BCUT2D eigenvalue weighted by Gasteiger charge is 2.13. The number of hydrogen-bond donors (Lipinski definition) is 1. The molecule has 1 amide bonds. The minimum Gasteiger partial charge on any atom is -0.496 e. The zero-order chi connectivity index (χ0) is 14.1. The minimum absolute atomic E-state index is 0.0487. The number of unbranched alkanes of at least 4 members (excludes halogenated alkanes) is 1. The van der Waals surface area contributed by atoms with Gasteiger partial charge in [0.15, 0.2) is 0 Å². The number of benzene rings is 1. The van der Waals surface area contributed by atoms with Crippen LogP contribution in [0.25, 0.3) is 0 Å². The van der Waals surface area contributed by atoms with Gasteiger partial charge in [0.25, 0.3) is 5.91 Å². The number of nitrogens with one attached hydrogen (secondary N) is 1. The fourth-order valence-corrected chi connectivity index (χ4v) is 2.11. The van der Waals surface area contributed by atoms with Crippen molar-refractivity contribution >= 4 is 5.91 Å². The van der Waals surface area contributed by atoms with Gasteiger partial charge in [-0.25, -0.2) is 0 Å². The first kappa shape index (κ1) is 15.5. The highest BCUT2D eigenvalue weighted by atomic mass is 16.5. The van der Waals surface area contributed by atoms with Gasteiger partial charge in [0, 0.05) is 6.54 Å². The van der Waals surface area contributed by atoms with Crippen LogP contribution < -0.4 is 10.1 Å². The van der Waals surface area contributed by atoms with Gasteiger partial charge in [0.1, 0.15) is 5.75 Å². The first-order chi connectivity index (χ1) is 9.22. The molecule has 0 fully saturated rings. The number of carbonyl (C=O) groups excluding carboxylic acids is 1. The summed E-state index contributed by atoms with van der Waals surface area (Å²) in [5, 5.41) is 3.01. The van der Waals surface area contributed by atoms with Crippen molar-refractivity contribution in [2.75, 3.05) is 13.7 Å². The maximum absolute atomic E-state index is 12.1. The van der Waals surface area contributed by atoms with Gasteiger partial charge in [-0.15, -0.1) is 0 Å². The van der Waals surface area contributed by atoms with Gasteiger partial charge in [0.2, 0.25) is 0 Å². The largest absolute Gasteiger partial charge is 0.496 e. The average molecular weight is 263 g/mol. The Hall–Kier alpha value is -1.51. The summed E-state index contributed by atoms with van der Waals surface area (Å²) in [7, 11) is 1.59. The molecule has 1 rings (SSSR count). The minimum atomic E-state index is -0.0487. The van der Waals surface area contributed by atoms with Crippen molar-refractivity contribution in [2.24, 2.45) is 5.92 Å². The van der Waals surface area contributed by atoms with Gasteiger partial charge < -0.3 is 10.1 Å². The second-order valence-electron chi connectivity index (χ2n) is 4.83. The van der Waals surface area contributed by atoms with Crippen molar-refractivity contribution in [1.82, 2.24) is 5.32 Å². The first-order valence-electron chi connectivity index (χ1n) is 7.14. The Bertz CT molecular complexity index is 390. The highest BCUT2D eigenvalue weighted by molar-refractivity contribution is 5.96. The van der Waals surface area contributed by atoms with Crippen molar-refractivity contribution in [1.29, 1.82) is 0 Å². The third-order valence-corrected chi connectivity index (χ3v) is 3.45. The lowest BCUT2D eigenvalue weighted by Gasteiger charge is -2.16. The number of rotatable bonds is 8. The Kier molecular flexibility index (Phi) is 7.01. The summed E-state index contributed by atoms with van der Waals surface area (Å²) in [6, 6.07) is 7.32. The fourth-order valence-electron chi connectivity index (χ4n) is 2.11. The van der Waals surface area contributed by atoms with Crippen LogP contribution >= 0.6 is 0 Å². The Balaban J connectivity index is 2.54. The van der Waals surface area contributed by atoms with Crippen molar-refractivity contribution in [3.05, 3.63) is 29.8 Å². The topological polar surface area (TPSA) is 38.3 Å². The third-order valence-electron chi connectivity index (χ3n) is 3.45. The molecule has 0 saturated heterocycles. The molecule has 106 valence electrons. The number of para-hydroxylation sites is 1. The molecule has 0 spiro atoms. The Labute approximate surface area is 116 Å². The predicted molar refractivity (Wildman–Crippen MR) is 78.6 cm³/mol. The lowest BCUT2D eigenvalue weighted by atomic mass is 9.99. The molecule has 19 heavy (non-hydrogen) atoms. The van der Waals surface area contributed by atoms with E-state index in [0.29, 0.717) is 17.2 Å². The zero-order valence-corrected chi connectivity index (χ0v) is 12.2. The van der Waals surface area contributed by atoms with Gasteiger partial charge in [-0.3, -0.25) is 4.79 Å². The second-order valence-corrected chi connectivity index (χ2v) is 4.83. The molecule has 0 aliphatic heterocycles. The molecular weight excluding hydrogens is 238 g/mol. The third kappa shape index (κ3) is 4.93. The van der Waals surface area contributed by atoms with E-state index in [2.05, 4.69) is 19.2 Å². The maximum Gasteiger partial charge on any atom is 0.255 e. The van der Waals surface area contributed by atoms with Crippen LogP contribution in [0.2, 0.25) is 0 Å². The van der Waals surface area contributed by atoms with Crippen LogP contribution in [0.3, 0.4) is 0 Å². The van der Waals surface area contributed by atoms with E-state index in [0.717, 1.165) is 13.0 Å². The van der Waals surface area contributed by atoms with Gasteiger partial charge in [0.05, 0.1) is 12.7 Å². The molecule has 1 aromatic rings. The van der Waals surface area contributed by atoms with Crippen LogP contribution in [0.1, 0.15) is 49.9 Å². The molecular formula is C16H25NO2. The fraction of sp³-hybridized carbons (Fsp3) is 0.562. The van der Waals surface area contributed by atoms with E-state index in [1.165, 1.54) is 19.3 Å². The quantitative estimate of drug-likeness (QED) is 0.777. The molecule has 0 saturated carbocycles. The van der Waals surface area contributed by atoms with Crippen molar-refractivity contribution in [3.8, 4) is 5.75 Å². The summed E-state index contributed by atoms with van der Waals surface area (Å²) in [6.07, 6.45) is 4.71. The van der Waals surface area contributed by atoms with Crippen molar-refractivity contribution < 1.29 is 9.53 Å². The monoisotopic (exact) mass is 263 g/mol. The molecule has 0 aliphatic rings. The summed E-state index contributed by atoms with van der Waals surface area (Å²) < 4.78 is 5.20. The first-order valence-corrected chi connectivity index (χ1v) is 7.14. The Morgan fingerprint density at radius 2 is 2.05 bits per heavy atom. The lowest BCUT2D eigenvalue weighted by molar-refractivity contribution is 0.0943. The Morgan fingerprint density at radius 1 is 1.32 bits per heavy atom. The Morgan fingerprint density at radius 3 is 2.68 bits per heavy atom. The average Bonchev–Trinajstić information content (AvgIpc) is 2.47. The van der Waals surface area contributed by atoms with E-state index in [9.17, 15) is 4.79 Å². The molecule has 3 nitrogen and oxygen atoms in total. The summed E-state index contributed by atoms with van der Waals surface area (Å²) >= 11 is 0. The number of carbonyl (C=O) groups is 1. The number of ether oxygens (including phenoxy) is 1. The summed E-state index contributed by atoms with van der Waals surface area (Å²) in [6.45, 7) is 5.11. The summed E-state index contributed by atoms with van der Waals surface area (Å²) in [5.41, 5.74) is 0.607. The second kappa shape index (κ2) is 8.57. The van der Waals surface area contributed by atoms with Crippen LogP contribution in [0, 0.1) is 5.92 Å². The van der Waals surface area contributed by atoms with Crippen molar-refractivity contribution in [2.45, 2.75) is 39.5 Å². The standard InChI is InChI=1S/C16H25NO2/c1-4-6-9-13(5-2)12-17-16(18)14-10-7-8-11-15(14)19-3/h7-8,10-11,13H,4-6,9,12H2,1-3H3,(H,17,18)/t13-/m0/s1. The molecule has 1 atom stereocenters. The van der Waals surface area contributed by atoms with E-state index in [-0.39, 0.29) is 5.91 Å². The van der Waals surface area contributed by atoms with E-state index >= 15 is 0 Å². The van der Waals surface area contributed by atoms with Crippen LogP contribution in [0.5, 0.6) is 5.75 Å². The lowest BCUT2D eigenvalue weighted by Crippen LogP contribution is -2.29. The van der Waals surface area contributed by atoms with Crippen LogP contribution in [-0.4, -0.2) is 19.6 Å². The molecule has 0 unspecified atom stereocenters. The maximum atomic E-state index is 12.1. The predicted octanol–water partition coefficient (Wildman–Crippen LogP) is 3.64. The van der Waals surface area contributed by atoms with Crippen LogP contribution in [0.15, 0.2) is 24.3 Å². The summed E-state index contributed by atoms with van der Waals surface area (Å²) in [5.74, 6) is 1.15. The van der Waals surface area contributed by atoms with Gasteiger partial charge >= 0.3 is 0 Å². The molecule has 3 heteroatoms. The number of amides is 1. The molecule has 1 aromatic carbocycles. The van der Waals surface area contributed by atoms with Crippen LogP contribution in [0.4, 0.5) is 0 Å². The normalized spacial score (nSPS) is 11.9. The van der Waals surface area contributed by atoms with Gasteiger partial charge in [-0.1, -0.05) is 45.2 Å². The molecule has 0 heterocycles. The number of hydrogen-bond acceptors (Lipinski definition) is 2. The highest BCUT2D eigenvalue weighted by Crippen LogP contribution is 2.17. The van der Waals surface area contributed by atoms with E-state index in [1.54, 1.807) is 13.2 Å². The molecule has 0 aliphatic carbocycles. The smallest absolute Gasteiger partial charge is 0.255 e. The van der Waals surface area contributed by atoms with E-state index in [1.807, 2.05) is 18.2 Å². The SMILES string of the molecule is CCCC[C@H](CC)CNC(=O)c1ccccc1OC. The molecule has 1 N–H and O–H groups in total. The zero-order valence-electron chi connectivity index (χ0n) is 12.2. The summed E-state index contributed by atoms with van der Waals surface area (Å²) in [4.78, 5) is 12.1. The van der Waals surface area contributed by atoms with Gasteiger partial charge in [-0.05, 0) is 24.5 Å². The van der Waals surface area contributed by atoms with Gasteiger partial charge in [-0.2, -0.15) is 0 Å². The molecule has 0 aromatic heterocycles. The van der Waals surface area contributed by atoms with E-state index < -0.39 is 0 Å². The molecule has 0 radical (unpaired) electrons.